The third kappa shape index (κ3) is 4.92. The Morgan fingerprint density at radius 3 is 2.39 bits per heavy atom. The van der Waals surface area contributed by atoms with Gasteiger partial charge in [0.25, 0.3) is 0 Å². The summed E-state index contributed by atoms with van der Waals surface area (Å²) in [6.45, 7) is 1.33. The Balaban J connectivity index is 1.65. The average molecular weight is 404 g/mol. The molecule has 0 aliphatic heterocycles. The van der Waals surface area contributed by atoms with Crippen molar-refractivity contribution in [2.24, 2.45) is 0 Å². The minimum atomic E-state index is -2.90. The van der Waals surface area contributed by atoms with Crippen LogP contribution in [0, 0.1) is 0 Å². The van der Waals surface area contributed by atoms with Gasteiger partial charge >= 0.3 is 6.61 Å². The molecule has 3 aromatic rings. The maximum atomic E-state index is 12.4. The maximum absolute atomic E-state index is 12.4. The lowest BCUT2D eigenvalue weighted by Gasteiger charge is -2.08. The van der Waals surface area contributed by atoms with Crippen LogP contribution in [0.3, 0.4) is 0 Å². The number of nitrogens with zero attached hydrogens (tertiary/aromatic N) is 4. The van der Waals surface area contributed by atoms with Crippen LogP contribution in [0.1, 0.15) is 35.7 Å². The zero-order valence-corrected chi connectivity index (χ0v) is 16.1. The molecule has 0 atom stereocenters. The van der Waals surface area contributed by atoms with Gasteiger partial charge in [-0.05, 0) is 58.3 Å². The number of halogens is 2. The zero-order valence-electron chi connectivity index (χ0n) is 15.3. The highest BCUT2D eigenvalue weighted by Crippen LogP contribution is 2.22. The van der Waals surface area contributed by atoms with E-state index in [1.165, 1.54) is 41.6 Å². The van der Waals surface area contributed by atoms with Crippen molar-refractivity contribution >= 4 is 17.5 Å². The van der Waals surface area contributed by atoms with Gasteiger partial charge in [-0.15, -0.1) is 5.10 Å². The van der Waals surface area contributed by atoms with E-state index in [1.54, 1.807) is 4.68 Å². The fourth-order valence-corrected chi connectivity index (χ4v) is 3.25. The van der Waals surface area contributed by atoms with Gasteiger partial charge in [0, 0.05) is 5.56 Å². The number of tetrazole rings is 1. The van der Waals surface area contributed by atoms with E-state index in [2.05, 4.69) is 34.1 Å². The Bertz CT molecular complexity index is 928. The molecular weight excluding hydrogens is 386 g/mol. The molecule has 0 saturated heterocycles. The van der Waals surface area contributed by atoms with Gasteiger partial charge in [0.2, 0.25) is 5.16 Å². The van der Waals surface area contributed by atoms with Gasteiger partial charge in [-0.2, -0.15) is 13.5 Å². The summed E-state index contributed by atoms with van der Waals surface area (Å²) in [5, 5.41) is 12.1. The molecule has 0 radical (unpaired) electrons. The third-order valence-corrected chi connectivity index (χ3v) is 4.90. The van der Waals surface area contributed by atoms with E-state index >= 15 is 0 Å². The molecule has 0 amide bonds. The second-order valence-corrected chi connectivity index (χ2v) is 7.18. The molecule has 0 aliphatic rings. The van der Waals surface area contributed by atoms with Crippen LogP contribution in [-0.4, -0.2) is 38.4 Å². The molecule has 0 saturated carbocycles. The van der Waals surface area contributed by atoms with Gasteiger partial charge in [0.1, 0.15) is 5.75 Å². The predicted octanol–water partition coefficient (Wildman–Crippen LogP) is 4.36. The fraction of sp³-hybridized carbons (Fsp3) is 0.263. The van der Waals surface area contributed by atoms with E-state index < -0.39 is 6.61 Å². The highest BCUT2D eigenvalue weighted by molar-refractivity contribution is 7.99. The highest BCUT2D eigenvalue weighted by atomic mass is 32.2. The van der Waals surface area contributed by atoms with Crippen molar-refractivity contribution in [2.45, 2.75) is 31.5 Å². The molecule has 3 rings (SSSR count). The molecule has 9 heteroatoms. The Labute approximate surface area is 164 Å². The SMILES string of the molecule is CC(C)c1ccc(-n2nnnc2SCC(=O)c2ccc(OC(F)F)cc2)cc1. The van der Waals surface area contributed by atoms with Crippen molar-refractivity contribution in [2.75, 3.05) is 5.75 Å². The smallest absolute Gasteiger partial charge is 0.387 e. The van der Waals surface area contributed by atoms with Crippen LogP contribution < -0.4 is 4.74 Å². The van der Waals surface area contributed by atoms with Crippen LogP contribution in [0.4, 0.5) is 8.78 Å². The van der Waals surface area contributed by atoms with E-state index in [0.29, 0.717) is 16.6 Å². The predicted molar refractivity (Wildman–Crippen MR) is 101 cm³/mol. The van der Waals surface area contributed by atoms with E-state index in [0.717, 1.165) is 5.69 Å². The van der Waals surface area contributed by atoms with Crippen molar-refractivity contribution in [3.63, 3.8) is 0 Å². The molecule has 0 unspecified atom stereocenters. The molecule has 1 aromatic heterocycles. The number of carbonyl (C=O) groups excluding carboxylic acids is 1. The van der Waals surface area contributed by atoms with Gasteiger partial charge in [-0.3, -0.25) is 4.79 Å². The van der Waals surface area contributed by atoms with Gasteiger partial charge in [0.15, 0.2) is 5.78 Å². The summed E-state index contributed by atoms with van der Waals surface area (Å²) in [4.78, 5) is 12.4. The standard InChI is InChI=1S/C19H18F2N4O2S/c1-12(2)13-3-7-15(8-4-13)25-19(22-23-24-25)28-11-17(26)14-5-9-16(10-6-14)27-18(20)21/h3-10,12,18H,11H2,1-2H3. The summed E-state index contributed by atoms with van der Waals surface area (Å²) in [5.41, 5.74) is 2.41. The first-order valence-corrected chi connectivity index (χ1v) is 9.52. The summed E-state index contributed by atoms with van der Waals surface area (Å²) in [5.74, 6) is 0.373. The topological polar surface area (TPSA) is 69.9 Å². The summed E-state index contributed by atoms with van der Waals surface area (Å²) < 4.78 is 30.2. The first kappa shape index (κ1) is 19.9. The number of thioether (sulfide) groups is 1. The second-order valence-electron chi connectivity index (χ2n) is 6.23. The number of Topliss-reactive ketones (excluding diaryl/α,β-unsaturated/α-hetero) is 1. The molecule has 0 bridgehead atoms. The van der Waals surface area contributed by atoms with Crippen molar-refractivity contribution in [1.29, 1.82) is 0 Å². The summed E-state index contributed by atoms with van der Waals surface area (Å²) >= 11 is 1.20. The third-order valence-electron chi connectivity index (χ3n) is 3.98. The van der Waals surface area contributed by atoms with Gasteiger partial charge < -0.3 is 4.74 Å². The lowest BCUT2D eigenvalue weighted by atomic mass is 10.0. The molecule has 0 fully saturated rings. The van der Waals surface area contributed by atoms with Crippen molar-refractivity contribution in [3.05, 3.63) is 59.7 Å². The Morgan fingerprint density at radius 1 is 1.11 bits per heavy atom. The van der Waals surface area contributed by atoms with Crippen LogP contribution in [0.2, 0.25) is 0 Å². The lowest BCUT2D eigenvalue weighted by molar-refractivity contribution is -0.0498. The Morgan fingerprint density at radius 2 is 1.79 bits per heavy atom. The molecular formula is C19H18F2N4O2S. The fourth-order valence-electron chi connectivity index (χ4n) is 2.47. The molecule has 146 valence electrons. The Hall–Kier alpha value is -2.81. The lowest BCUT2D eigenvalue weighted by Crippen LogP contribution is -2.06. The number of ether oxygens (including phenoxy) is 1. The first-order chi connectivity index (χ1) is 13.4. The normalized spacial score (nSPS) is 11.2. The van der Waals surface area contributed by atoms with Crippen LogP contribution in [0.5, 0.6) is 5.75 Å². The van der Waals surface area contributed by atoms with Gasteiger partial charge in [0.05, 0.1) is 11.4 Å². The summed E-state index contributed by atoms with van der Waals surface area (Å²) in [6.07, 6.45) is 0. The van der Waals surface area contributed by atoms with Crippen LogP contribution in [-0.2, 0) is 0 Å². The zero-order chi connectivity index (χ0) is 20.1. The molecule has 0 N–H and O–H groups in total. The number of carbonyl (C=O) groups is 1. The van der Waals surface area contributed by atoms with Crippen molar-refractivity contribution in [1.82, 2.24) is 20.2 Å². The first-order valence-electron chi connectivity index (χ1n) is 8.53. The molecule has 0 aliphatic carbocycles. The monoisotopic (exact) mass is 404 g/mol. The minimum Gasteiger partial charge on any atom is -0.435 e. The van der Waals surface area contributed by atoms with E-state index in [9.17, 15) is 13.6 Å². The summed E-state index contributed by atoms with van der Waals surface area (Å²) in [7, 11) is 0. The number of hydrogen-bond donors (Lipinski definition) is 0. The quantitative estimate of drug-likeness (QED) is 0.410. The number of aromatic nitrogens is 4. The van der Waals surface area contributed by atoms with E-state index in [-0.39, 0.29) is 17.3 Å². The number of hydrogen-bond acceptors (Lipinski definition) is 6. The van der Waals surface area contributed by atoms with Crippen molar-refractivity contribution < 1.29 is 18.3 Å². The maximum Gasteiger partial charge on any atom is 0.387 e. The molecule has 2 aromatic carbocycles. The number of alkyl halides is 2. The number of benzene rings is 2. The molecule has 6 nitrogen and oxygen atoms in total. The van der Waals surface area contributed by atoms with Crippen LogP contribution in [0.25, 0.3) is 5.69 Å². The minimum absolute atomic E-state index is 0.00740. The summed E-state index contributed by atoms with van der Waals surface area (Å²) in [6, 6.07) is 13.5. The van der Waals surface area contributed by atoms with Gasteiger partial charge in [-0.1, -0.05) is 37.7 Å². The molecule has 1 heterocycles. The van der Waals surface area contributed by atoms with E-state index in [4.69, 9.17) is 0 Å². The second kappa shape index (κ2) is 8.92. The van der Waals surface area contributed by atoms with E-state index in [1.807, 2.05) is 24.3 Å². The van der Waals surface area contributed by atoms with Crippen molar-refractivity contribution in [3.8, 4) is 11.4 Å². The average Bonchev–Trinajstić information content (AvgIpc) is 3.15. The number of rotatable bonds is 8. The van der Waals surface area contributed by atoms with Gasteiger partial charge in [-0.25, -0.2) is 0 Å². The molecule has 28 heavy (non-hydrogen) atoms. The van der Waals surface area contributed by atoms with Crippen LogP contribution in [0.15, 0.2) is 53.7 Å². The van der Waals surface area contributed by atoms with Crippen LogP contribution >= 0.6 is 11.8 Å². The largest absolute Gasteiger partial charge is 0.435 e. The number of ketones is 1. The molecule has 0 spiro atoms. The Kier molecular flexibility index (Phi) is 6.35. The highest BCUT2D eigenvalue weighted by Gasteiger charge is 2.14.